The maximum atomic E-state index is 11.7. The molecule has 1 heterocycles. The van der Waals surface area contributed by atoms with E-state index in [-0.39, 0.29) is 18.4 Å². The fraction of sp³-hybridized carbons (Fsp3) is 0.273. The van der Waals surface area contributed by atoms with E-state index < -0.39 is 29.3 Å². The van der Waals surface area contributed by atoms with Crippen molar-refractivity contribution in [3.63, 3.8) is 0 Å². The monoisotopic (exact) mass is 267 g/mol. The first-order valence-corrected chi connectivity index (χ1v) is 5.41. The van der Waals surface area contributed by atoms with Crippen LogP contribution in [-0.2, 0) is 9.59 Å². The van der Waals surface area contributed by atoms with Gasteiger partial charge >= 0.3 is 5.97 Å². The van der Waals surface area contributed by atoms with Gasteiger partial charge in [-0.15, -0.1) is 0 Å². The highest BCUT2D eigenvalue weighted by molar-refractivity contribution is 5.96. The number of amides is 2. The Bertz CT molecular complexity index is 551. The van der Waals surface area contributed by atoms with Crippen LogP contribution in [0.1, 0.15) is 23.2 Å². The Kier molecular flexibility index (Phi) is 4.81. The quantitative estimate of drug-likeness (QED) is 0.513. The van der Waals surface area contributed by atoms with Crippen molar-refractivity contribution in [3.8, 4) is 0 Å². The number of hydrogen-bond acceptors (Lipinski definition) is 4. The molecule has 0 aliphatic carbocycles. The van der Waals surface area contributed by atoms with Crippen LogP contribution in [0.2, 0.25) is 0 Å². The Morgan fingerprint density at radius 3 is 2.63 bits per heavy atom. The Morgan fingerprint density at radius 1 is 1.42 bits per heavy atom. The summed E-state index contributed by atoms with van der Waals surface area (Å²) in [6.45, 7) is 0. The van der Waals surface area contributed by atoms with E-state index in [1.54, 1.807) is 0 Å². The molecule has 0 saturated carbocycles. The first-order valence-electron chi connectivity index (χ1n) is 5.41. The molecule has 102 valence electrons. The normalized spacial score (nSPS) is 11.6. The zero-order valence-electron chi connectivity index (χ0n) is 9.88. The summed E-state index contributed by atoms with van der Waals surface area (Å²) in [5.41, 5.74) is 4.17. The number of carboxylic acids is 1. The van der Waals surface area contributed by atoms with Gasteiger partial charge in [-0.05, 0) is 6.42 Å². The van der Waals surface area contributed by atoms with Crippen molar-refractivity contribution < 1.29 is 19.5 Å². The van der Waals surface area contributed by atoms with Crippen LogP contribution in [0.15, 0.2) is 23.3 Å². The predicted molar refractivity (Wildman–Crippen MR) is 64.4 cm³/mol. The van der Waals surface area contributed by atoms with Gasteiger partial charge in [-0.25, -0.2) is 4.79 Å². The lowest BCUT2D eigenvalue weighted by atomic mass is 10.1. The Morgan fingerprint density at radius 2 is 2.11 bits per heavy atom. The summed E-state index contributed by atoms with van der Waals surface area (Å²) in [4.78, 5) is 47.2. The van der Waals surface area contributed by atoms with Gasteiger partial charge in [0.1, 0.15) is 11.6 Å². The van der Waals surface area contributed by atoms with E-state index in [9.17, 15) is 19.2 Å². The van der Waals surface area contributed by atoms with Crippen LogP contribution in [0.25, 0.3) is 0 Å². The second kappa shape index (κ2) is 6.34. The number of carbonyl (C=O) groups excluding carboxylic acids is 2. The molecule has 0 spiro atoms. The third-order valence-electron chi connectivity index (χ3n) is 2.35. The van der Waals surface area contributed by atoms with Crippen LogP contribution in [0.3, 0.4) is 0 Å². The summed E-state index contributed by atoms with van der Waals surface area (Å²) >= 11 is 0. The zero-order valence-corrected chi connectivity index (χ0v) is 9.88. The van der Waals surface area contributed by atoms with Crippen LogP contribution in [0.4, 0.5) is 0 Å². The molecule has 1 atom stereocenters. The molecule has 0 aromatic carbocycles. The van der Waals surface area contributed by atoms with Crippen LogP contribution in [-0.4, -0.2) is 33.9 Å². The van der Waals surface area contributed by atoms with Gasteiger partial charge in [0.05, 0.1) is 0 Å². The molecular weight excluding hydrogens is 254 g/mol. The first kappa shape index (κ1) is 14.4. The molecule has 0 radical (unpaired) electrons. The Hall–Kier alpha value is -2.64. The number of aliphatic carboxylic acids is 1. The molecule has 0 aliphatic rings. The average molecular weight is 267 g/mol. The van der Waals surface area contributed by atoms with Crippen LogP contribution in [0.5, 0.6) is 0 Å². The number of pyridine rings is 1. The van der Waals surface area contributed by atoms with E-state index in [0.717, 1.165) is 6.07 Å². The Labute approximate surface area is 107 Å². The summed E-state index contributed by atoms with van der Waals surface area (Å²) in [6.07, 6.45) is 2.20. The highest BCUT2D eigenvalue weighted by Crippen LogP contribution is 1.99. The number of aromatic amines is 1. The first-order chi connectivity index (χ1) is 8.91. The largest absolute Gasteiger partial charge is 0.480 e. The maximum Gasteiger partial charge on any atom is 0.326 e. The van der Waals surface area contributed by atoms with Gasteiger partial charge in [0.25, 0.3) is 5.91 Å². The van der Waals surface area contributed by atoms with Gasteiger partial charge in [0, 0.05) is 24.9 Å². The van der Waals surface area contributed by atoms with E-state index >= 15 is 0 Å². The minimum Gasteiger partial charge on any atom is -0.480 e. The molecule has 0 bridgehead atoms. The van der Waals surface area contributed by atoms with Crippen molar-refractivity contribution >= 4 is 17.8 Å². The van der Waals surface area contributed by atoms with Crippen molar-refractivity contribution in [3.05, 3.63) is 34.2 Å². The molecule has 1 aromatic rings. The fourth-order valence-electron chi connectivity index (χ4n) is 1.37. The lowest BCUT2D eigenvalue weighted by Crippen LogP contribution is -2.42. The van der Waals surface area contributed by atoms with Gasteiger partial charge in [-0.1, -0.05) is 0 Å². The van der Waals surface area contributed by atoms with E-state index in [1.807, 2.05) is 0 Å². The average Bonchev–Trinajstić information content (AvgIpc) is 2.34. The third-order valence-corrected chi connectivity index (χ3v) is 2.35. The summed E-state index contributed by atoms with van der Waals surface area (Å²) in [5.74, 6) is -2.79. The Balaban J connectivity index is 2.77. The SMILES string of the molecule is NC(=O)CC[C@@H](NC(=O)c1c[nH]ccc1=O)C(=O)O. The summed E-state index contributed by atoms with van der Waals surface area (Å²) in [7, 11) is 0. The number of nitrogens with one attached hydrogen (secondary N) is 2. The third kappa shape index (κ3) is 4.26. The molecule has 1 rings (SSSR count). The molecule has 1 aromatic heterocycles. The molecule has 2 amide bonds. The van der Waals surface area contributed by atoms with E-state index in [2.05, 4.69) is 10.3 Å². The standard InChI is InChI=1S/C11H13N3O5/c12-9(16)2-1-7(11(18)19)14-10(17)6-5-13-4-3-8(6)15/h3-5,7H,1-2H2,(H2,12,16)(H,13,15)(H,14,17)(H,18,19)/t7-/m1/s1. The van der Waals surface area contributed by atoms with Crippen LogP contribution in [0, 0.1) is 0 Å². The molecule has 19 heavy (non-hydrogen) atoms. The van der Waals surface area contributed by atoms with Gasteiger partial charge in [-0.2, -0.15) is 0 Å². The molecule has 0 saturated heterocycles. The molecular formula is C11H13N3O5. The van der Waals surface area contributed by atoms with Crippen molar-refractivity contribution in [2.24, 2.45) is 5.73 Å². The molecule has 5 N–H and O–H groups in total. The second-order valence-corrected chi connectivity index (χ2v) is 3.79. The second-order valence-electron chi connectivity index (χ2n) is 3.79. The van der Waals surface area contributed by atoms with E-state index in [0.29, 0.717) is 0 Å². The van der Waals surface area contributed by atoms with Crippen LogP contribution < -0.4 is 16.5 Å². The number of rotatable bonds is 6. The summed E-state index contributed by atoms with van der Waals surface area (Å²) in [6, 6.07) is -0.131. The van der Waals surface area contributed by atoms with Crippen molar-refractivity contribution in [1.29, 1.82) is 0 Å². The maximum absolute atomic E-state index is 11.7. The van der Waals surface area contributed by atoms with Crippen molar-refractivity contribution in [1.82, 2.24) is 10.3 Å². The van der Waals surface area contributed by atoms with Crippen LogP contribution >= 0.6 is 0 Å². The molecule has 0 unspecified atom stereocenters. The predicted octanol–water partition coefficient (Wildman–Crippen LogP) is -1.18. The number of primary amides is 1. The van der Waals surface area contributed by atoms with Crippen molar-refractivity contribution in [2.45, 2.75) is 18.9 Å². The summed E-state index contributed by atoms with van der Waals surface area (Å²) < 4.78 is 0. The zero-order chi connectivity index (χ0) is 14.4. The number of nitrogens with two attached hydrogens (primary N) is 1. The highest BCUT2D eigenvalue weighted by atomic mass is 16.4. The number of aromatic nitrogens is 1. The van der Waals surface area contributed by atoms with Gasteiger partial charge in [0.2, 0.25) is 5.91 Å². The molecule has 0 fully saturated rings. The van der Waals surface area contributed by atoms with E-state index in [1.165, 1.54) is 12.4 Å². The molecule has 8 heteroatoms. The number of hydrogen-bond donors (Lipinski definition) is 4. The van der Waals surface area contributed by atoms with Gasteiger partial charge in [-0.3, -0.25) is 14.4 Å². The van der Waals surface area contributed by atoms with Crippen molar-refractivity contribution in [2.75, 3.05) is 0 Å². The smallest absolute Gasteiger partial charge is 0.326 e. The minimum atomic E-state index is -1.30. The van der Waals surface area contributed by atoms with Gasteiger partial charge in [0.15, 0.2) is 5.43 Å². The van der Waals surface area contributed by atoms with Gasteiger partial charge < -0.3 is 21.1 Å². The highest BCUT2D eigenvalue weighted by Gasteiger charge is 2.22. The minimum absolute atomic E-state index is 0.138. The molecule has 8 nitrogen and oxygen atoms in total. The number of H-pyrrole nitrogens is 1. The number of carbonyl (C=O) groups is 3. The lowest BCUT2D eigenvalue weighted by molar-refractivity contribution is -0.139. The summed E-state index contributed by atoms with van der Waals surface area (Å²) in [5, 5.41) is 11.1. The number of carboxylic acid groups (broad SMARTS) is 1. The fourth-order valence-corrected chi connectivity index (χ4v) is 1.37. The topological polar surface area (TPSA) is 142 Å². The lowest BCUT2D eigenvalue weighted by Gasteiger charge is -2.13. The van der Waals surface area contributed by atoms with E-state index in [4.69, 9.17) is 10.8 Å². The molecule has 0 aliphatic heterocycles.